The second kappa shape index (κ2) is 9.28. The molecule has 0 spiro atoms. The molecular weight excluding hydrogens is 416 g/mol. The Bertz CT molecular complexity index is 1170. The molecule has 2 aromatic heterocycles. The lowest BCUT2D eigenvalue weighted by molar-refractivity contribution is 0.251. The topological polar surface area (TPSA) is 79.2 Å². The van der Waals surface area contributed by atoms with Crippen molar-refractivity contribution in [1.82, 2.24) is 24.0 Å². The summed E-state index contributed by atoms with van der Waals surface area (Å²) in [5, 5.41) is 0.636. The third kappa shape index (κ3) is 4.41. The van der Waals surface area contributed by atoms with E-state index in [0.29, 0.717) is 28.7 Å². The average Bonchev–Trinajstić information content (AvgIpc) is 3.14. The minimum Gasteiger partial charge on any atom is -0.340 e. The van der Waals surface area contributed by atoms with E-state index in [1.807, 2.05) is 28.8 Å². The van der Waals surface area contributed by atoms with Gasteiger partial charge in [-0.25, -0.2) is 4.79 Å². The fraction of sp³-hybridized carbons (Fsp3) is 0.500. The summed E-state index contributed by atoms with van der Waals surface area (Å²) in [5.74, 6) is 0.704. The Balaban J connectivity index is 1.70. The highest BCUT2D eigenvalue weighted by Gasteiger charge is 2.25. The number of hydrogen-bond donors (Lipinski definition) is 1. The maximum Gasteiger partial charge on any atom is 0.329 e. The normalized spacial score (nSPS) is 15.1. The summed E-state index contributed by atoms with van der Waals surface area (Å²) in [7, 11) is 1.63. The number of rotatable bonds is 7. The molecule has 0 saturated carbocycles. The zero-order valence-electron chi connectivity index (χ0n) is 18.1. The number of imidazole rings is 1. The predicted molar refractivity (Wildman–Crippen MR) is 124 cm³/mol. The first-order valence-corrected chi connectivity index (χ1v) is 11.3. The number of anilines is 1. The molecule has 0 unspecified atom stereocenters. The van der Waals surface area contributed by atoms with Crippen LogP contribution in [0.25, 0.3) is 11.2 Å². The Morgan fingerprint density at radius 1 is 1.10 bits per heavy atom. The Kier molecular flexibility index (Phi) is 6.48. The fourth-order valence-electron chi connectivity index (χ4n) is 4.17. The van der Waals surface area contributed by atoms with Gasteiger partial charge >= 0.3 is 5.69 Å². The molecule has 0 atom stereocenters. The predicted octanol–water partition coefficient (Wildman–Crippen LogP) is 2.44. The fourth-order valence-corrected chi connectivity index (χ4v) is 4.36. The first-order chi connectivity index (χ1) is 15.0. The Labute approximate surface area is 186 Å². The zero-order chi connectivity index (χ0) is 22.0. The van der Waals surface area contributed by atoms with Crippen LogP contribution in [0.1, 0.15) is 31.7 Å². The number of nitrogens with one attached hydrogen (secondary N) is 1. The van der Waals surface area contributed by atoms with Gasteiger partial charge in [0.1, 0.15) is 0 Å². The minimum atomic E-state index is -0.466. The smallest absolute Gasteiger partial charge is 0.329 e. The van der Waals surface area contributed by atoms with Gasteiger partial charge in [-0.05, 0) is 24.6 Å². The van der Waals surface area contributed by atoms with E-state index in [2.05, 4.69) is 21.7 Å². The summed E-state index contributed by atoms with van der Waals surface area (Å²) in [6.07, 6.45) is 3.70. The quantitative estimate of drug-likeness (QED) is 0.566. The molecule has 3 heterocycles. The number of halogens is 1. The van der Waals surface area contributed by atoms with Gasteiger partial charge in [0.2, 0.25) is 5.95 Å². The lowest BCUT2D eigenvalue weighted by atomic mass is 10.2. The van der Waals surface area contributed by atoms with Gasteiger partial charge in [-0.3, -0.25) is 23.8 Å². The van der Waals surface area contributed by atoms with E-state index >= 15 is 0 Å². The monoisotopic (exact) mass is 444 g/mol. The molecule has 9 heteroatoms. The van der Waals surface area contributed by atoms with Gasteiger partial charge in [0.05, 0.1) is 6.54 Å². The Morgan fingerprint density at radius 3 is 2.55 bits per heavy atom. The van der Waals surface area contributed by atoms with Crippen molar-refractivity contribution >= 4 is 28.7 Å². The van der Waals surface area contributed by atoms with Crippen LogP contribution in [-0.2, 0) is 13.6 Å². The summed E-state index contributed by atoms with van der Waals surface area (Å²) >= 11 is 6.41. The summed E-state index contributed by atoms with van der Waals surface area (Å²) in [6, 6.07) is 7.59. The average molecular weight is 445 g/mol. The third-order valence-electron chi connectivity index (χ3n) is 6.01. The van der Waals surface area contributed by atoms with Gasteiger partial charge < -0.3 is 4.90 Å². The highest BCUT2D eigenvalue weighted by atomic mass is 35.5. The Morgan fingerprint density at radius 2 is 1.84 bits per heavy atom. The van der Waals surface area contributed by atoms with Crippen molar-refractivity contribution in [1.29, 1.82) is 0 Å². The van der Waals surface area contributed by atoms with Crippen LogP contribution < -0.4 is 16.1 Å². The number of unbranched alkanes of at least 4 members (excludes halogenated alkanes) is 2. The van der Waals surface area contributed by atoms with Crippen LogP contribution in [0.4, 0.5) is 5.95 Å². The van der Waals surface area contributed by atoms with Gasteiger partial charge in [-0.2, -0.15) is 4.98 Å². The number of nitrogens with zero attached hydrogens (tertiary/aromatic N) is 5. The number of aromatic nitrogens is 4. The summed E-state index contributed by atoms with van der Waals surface area (Å²) in [6.45, 7) is 7.29. The van der Waals surface area contributed by atoms with E-state index in [4.69, 9.17) is 16.6 Å². The molecule has 0 bridgehead atoms. The van der Waals surface area contributed by atoms with Crippen LogP contribution in [0, 0.1) is 0 Å². The minimum absolute atomic E-state index is 0.390. The molecule has 1 aliphatic rings. The molecule has 3 aromatic rings. The third-order valence-corrected chi connectivity index (χ3v) is 6.37. The van der Waals surface area contributed by atoms with Gasteiger partial charge in [-0.1, -0.05) is 49.6 Å². The van der Waals surface area contributed by atoms with Crippen LogP contribution in [0.5, 0.6) is 0 Å². The first-order valence-electron chi connectivity index (χ1n) is 10.9. The number of aryl methyl sites for hydroxylation is 1. The molecule has 1 aromatic carbocycles. The number of benzene rings is 1. The molecule has 166 valence electrons. The SMILES string of the molecule is CCCCCN1CCN(c2nc3c(c(=O)[nH]c(=O)n3C)n2Cc2ccccc2Cl)CC1. The zero-order valence-corrected chi connectivity index (χ0v) is 18.9. The lowest BCUT2D eigenvalue weighted by Crippen LogP contribution is -2.47. The number of hydrogen-bond acceptors (Lipinski definition) is 5. The van der Waals surface area contributed by atoms with Crippen molar-refractivity contribution in [3.8, 4) is 0 Å². The van der Waals surface area contributed by atoms with Crippen molar-refractivity contribution in [3.63, 3.8) is 0 Å². The van der Waals surface area contributed by atoms with Crippen LogP contribution in [0.3, 0.4) is 0 Å². The number of fused-ring (bicyclic) bond motifs is 1. The van der Waals surface area contributed by atoms with E-state index in [-0.39, 0.29) is 0 Å². The van der Waals surface area contributed by atoms with Crippen molar-refractivity contribution in [2.24, 2.45) is 7.05 Å². The standard InChI is InChI=1S/C22H29ClN6O2/c1-3-4-7-10-27-11-13-28(14-12-27)21-24-19-18(20(30)25-22(31)26(19)2)29(21)15-16-8-5-6-9-17(16)23/h5-6,8-9H,3-4,7,10-15H2,1-2H3,(H,25,30,31). The lowest BCUT2D eigenvalue weighted by Gasteiger charge is -2.35. The number of piperazine rings is 1. The molecule has 1 saturated heterocycles. The molecule has 31 heavy (non-hydrogen) atoms. The number of H-pyrrole nitrogens is 1. The van der Waals surface area contributed by atoms with Gasteiger partial charge in [-0.15, -0.1) is 0 Å². The van der Waals surface area contributed by atoms with Gasteiger partial charge in [0.25, 0.3) is 5.56 Å². The second-order valence-corrected chi connectivity index (χ2v) is 8.52. The van der Waals surface area contributed by atoms with E-state index in [0.717, 1.165) is 38.3 Å². The van der Waals surface area contributed by atoms with Gasteiger partial charge in [0.15, 0.2) is 11.2 Å². The Hall–Kier alpha value is -2.58. The number of aromatic amines is 1. The first kappa shape index (κ1) is 21.6. The highest BCUT2D eigenvalue weighted by Crippen LogP contribution is 2.25. The second-order valence-electron chi connectivity index (χ2n) is 8.12. The maximum atomic E-state index is 12.8. The maximum absolute atomic E-state index is 12.8. The van der Waals surface area contributed by atoms with Crippen molar-refractivity contribution in [2.75, 3.05) is 37.6 Å². The molecule has 1 fully saturated rings. The van der Waals surface area contributed by atoms with Crippen molar-refractivity contribution in [3.05, 3.63) is 55.7 Å². The molecule has 8 nitrogen and oxygen atoms in total. The molecule has 4 rings (SSSR count). The van der Waals surface area contributed by atoms with Crippen molar-refractivity contribution < 1.29 is 0 Å². The van der Waals surface area contributed by atoms with Crippen molar-refractivity contribution in [2.45, 2.75) is 32.7 Å². The summed E-state index contributed by atoms with van der Waals surface area (Å²) in [4.78, 5) is 36.7. The largest absolute Gasteiger partial charge is 0.340 e. The van der Waals surface area contributed by atoms with E-state index in [1.54, 1.807) is 7.05 Å². The van der Waals surface area contributed by atoms with Crippen LogP contribution >= 0.6 is 11.6 Å². The van der Waals surface area contributed by atoms with Crippen LogP contribution in [-0.4, -0.2) is 56.7 Å². The van der Waals surface area contributed by atoms with E-state index in [1.165, 1.54) is 23.8 Å². The van der Waals surface area contributed by atoms with Gasteiger partial charge in [0, 0.05) is 38.2 Å². The van der Waals surface area contributed by atoms with E-state index < -0.39 is 11.2 Å². The highest BCUT2D eigenvalue weighted by molar-refractivity contribution is 6.31. The van der Waals surface area contributed by atoms with Crippen LogP contribution in [0.2, 0.25) is 5.02 Å². The summed E-state index contributed by atoms with van der Waals surface area (Å²) in [5.41, 5.74) is 0.786. The molecule has 0 radical (unpaired) electrons. The molecule has 0 aliphatic carbocycles. The van der Waals surface area contributed by atoms with Crippen LogP contribution in [0.15, 0.2) is 33.9 Å². The molecular formula is C22H29ClN6O2. The summed E-state index contributed by atoms with van der Waals surface area (Å²) < 4.78 is 3.28. The molecule has 0 amide bonds. The molecule has 1 aliphatic heterocycles. The molecule has 1 N–H and O–H groups in total. The van der Waals surface area contributed by atoms with E-state index in [9.17, 15) is 9.59 Å².